The highest BCUT2D eigenvalue weighted by atomic mass is 16.1. The molecule has 0 N–H and O–H groups in total. The van der Waals surface area contributed by atoms with E-state index in [1.54, 1.807) is 0 Å². The van der Waals surface area contributed by atoms with Crippen LogP contribution in [0.5, 0.6) is 0 Å². The highest BCUT2D eigenvalue weighted by Gasteiger charge is 2.23. The summed E-state index contributed by atoms with van der Waals surface area (Å²) in [6, 6.07) is 0. The van der Waals surface area contributed by atoms with Crippen LogP contribution in [0, 0.1) is 11.8 Å². The van der Waals surface area contributed by atoms with Gasteiger partial charge in [-0.05, 0) is 18.8 Å². The Kier molecular flexibility index (Phi) is 1.89. The first-order chi connectivity index (χ1) is 4.22. The third-order valence-corrected chi connectivity index (χ3v) is 2.44. The average Bonchev–Trinajstić information content (AvgIpc) is 1.83. The van der Waals surface area contributed by atoms with Crippen LogP contribution < -0.4 is 0 Å². The van der Waals surface area contributed by atoms with Gasteiger partial charge in [0.1, 0.15) is 5.78 Å². The molecule has 9 heavy (non-hydrogen) atoms. The Bertz CT molecular complexity index is 118. The fourth-order valence-electron chi connectivity index (χ4n) is 1.39. The minimum Gasteiger partial charge on any atom is -0.299 e. The molecule has 0 aliphatic heterocycles. The van der Waals surface area contributed by atoms with Crippen LogP contribution in [0.1, 0.15) is 33.1 Å². The summed E-state index contributed by atoms with van der Waals surface area (Å²) < 4.78 is 0. The summed E-state index contributed by atoms with van der Waals surface area (Å²) in [5.74, 6) is 1.43. The standard InChI is InChI=1S/C8H14O/c1-6-4-3-5-8(9)7(6)2/h6-7H,3-5H2,1-2H3/t6-,7?/m1/s1. The summed E-state index contributed by atoms with van der Waals surface area (Å²) in [5, 5.41) is 0. The summed E-state index contributed by atoms with van der Waals surface area (Å²) in [4.78, 5) is 11.0. The average molecular weight is 126 g/mol. The monoisotopic (exact) mass is 126 g/mol. The Balaban J connectivity index is 2.51. The second-order valence-corrected chi connectivity index (χ2v) is 3.12. The van der Waals surface area contributed by atoms with Gasteiger partial charge in [-0.1, -0.05) is 13.8 Å². The van der Waals surface area contributed by atoms with E-state index in [4.69, 9.17) is 0 Å². The first-order valence-electron chi connectivity index (χ1n) is 3.74. The summed E-state index contributed by atoms with van der Waals surface area (Å²) in [6.07, 6.45) is 3.18. The smallest absolute Gasteiger partial charge is 0.135 e. The molecule has 1 fully saturated rings. The van der Waals surface area contributed by atoms with Crippen molar-refractivity contribution in [1.82, 2.24) is 0 Å². The van der Waals surface area contributed by atoms with Gasteiger partial charge in [0.05, 0.1) is 0 Å². The molecule has 1 unspecified atom stereocenters. The molecule has 1 heteroatoms. The van der Waals surface area contributed by atoms with E-state index in [-0.39, 0.29) is 0 Å². The SMILES string of the molecule is CC1C(=O)CCC[C@H]1C. The van der Waals surface area contributed by atoms with Gasteiger partial charge in [-0.2, -0.15) is 0 Å². The molecule has 0 aromatic rings. The maximum atomic E-state index is 11.0. The number of ketones is 1. The largest absolute Gasteiger partial charge is 0.299 e. The van der Waals surface area contributed by atoms with Crippen molar-refractivity contribution in [3.05, 3.63) is 0 Å². The Morgan fingerprint density at radius 1 is 1.44 bits per heavy atom. The fraction of sp³-hybridized carbons (Fsp3) is 0.875. The molecule has 1 aliphatic rings. The molecule has 1 saturated carbocycles. The number of Topliss-reactive ketones (excluding diaryl/α,β-unsaturated/α-hetero) is 1. The van der Waals surface area contributed by atoms with E-state index in [9.17, 15) is 4.79 Å². The highest BCUT2D eigenvalue weighted by molar-refractivity contribution is 5.81. The third kappa shape index (κ3) is 1.32. The molecule has 1 aliphatic carbocycles. The molecule has 0 amide bonds. The van der Waals surface area contributed by atoms with E-state index in [0.717, 1.165) is 12.8 Å². The molecule has 52 valence electrons. The minimum atomic E-state index is 0.332. The van der Waals surface area contributed by atoms with Crippen molar-refractivity contribution in [2.45, 2.75) is 33.1 Å². The van der Waals surface area contributed by atoms with Gasteiger partial charge < -0.3 is 0 Å². The molecule has 2 atom stereocenters. The van der Waals surface area contributed by atoms with Gasteiger partial charge in [-0.15, -0.1) is 0 Å². The summed E-state index contributed by atoms with van der Waals surface area (Å²) in [7, 11) is 0. The maximum Gasteiger partial charge on any atom is 0.135 e. The fourth-order valence-corrected chi connectivity index (χ4v) is 1.39. The van der Waals surface area contributed by atoms with Gasteiger partial charge in [0.25, 0.3) is 0 Å². The first kappa shape index (κ1) is 6.79. The zero-order valence-electron chi connectivity index (χ0n) is 6.18. The quantitative estimate of drug-likeness (QED) is 0.485. The molecule has 1 nitrogen and oxygen atoms in total. The molecule has 0 bridgehead atoms. The van der Waals surface area contributed by atoms with E-state index in [1.807, 2.05) is 6.92 Å². The van der Waals surface area contributed by atoms with E-state index < -0.39 is 0 Å². The Labute approximate surface area is 56.4 Å². The number of carbonyl (C=O) groups is 1. The molecule has 0 spiro atoms. The predicted octanol–water partition coefficient (Wildman–Crippen LogP) is 2.01. The summed E-state index contributed by atoms with van der Waals surface area (Å²) in [6.45, 7) is 4.22. The maximum absolute atomic E-state index is 11.0. The Hall–Kier alpha value is -0.330. The van der Waals surface area contributed by atoms with Gasteiger partial charge in [-0.25, -0.2) is 0 Å². The minimum absolute atomic E-state index is 0.332. The zero-order chi connectivity index (χ0) is 6.85. The summed E-state index contributed by atoms with van der Waals surface area (Å²) >= 11 is 0. The van der Waals surface area contributed by atoms with Gasteiger partial charge >= 0.3 is 0 Å². The van der Waals surface area contributed by atoms with E-state index >= 15 is 0 Å². The van der Waals surface area contributed by atoms with Crippen molar-refractivity contribution in [1.29, 1.82) is 0 Å². The normalized spacial score (nSPS) is 36.9. The van der Waals surface area contributed by atoms with Crippen LogP contribution in [0.25, 0.3) is 0 Å². The predicted molar refractivity (Wildman–Crippen MR) is 37.2 cm³/mol. The molecule has 1 rings (SSSR count). The van der Waals surface area contributed by atoms with Crippen LogP contribution >= 0.6 is 0 Å². The lowest BCUT2D eigenvalue weighted by Crippen LogP contribution is -2.23. The number of carbonyl (C=O) groups excluding carboxylic acids is 1. The zero-order valence-corrected chi connectivity index (χ0v) is 6.18. The van der Waals surface area contributed by atoms with E-state index in [0.29, 0.717) is 17.6 Å². The van der Waals surface area contributed by atoms with Crippen LogP contribution in [0.2, 0.25) is 0 Å². The molecule has 0 aromatic carbocycles. The lowest BCUT2D eigenvalue weighted by Gasteiger charge is -2.23. The van der Waals surface area contributed by atoms with Crippen molar-refractivity contribution in [3.8, 4) is 0 Å². The Morgan fingerprint density at radius 3 is 2.56 bits per heavy atom. The van der Waals surface area contributed by atoms with Crippen molar-refractivity contribution in [3.63, 3.8) is 0 Å². The summed E-state index contributed by atoms with van der Waals surface area (Å²) in [5.41, 5.74) is 0. The lowest BCUT2D eigenvalue weighted by atomic mass is 9.81. The molecular weight excluding hydrogens is 112 g/mol. The molecule has 0 heterocycles. The lowest BCUT2D eigenvalue weighted by molar-refractivity contribution is -0.125. The Morgan fingerprint density at radius 2 is 2.11 bits per heavy atom. The molecule has 0 aromatic heterocycles. The van der Waals surface area contributed by atoms with Gasteiger partial charge in [0.2, 0.25) is 0 Å². The van der Waals surface area contributed by atoms with Crippen LogP contribution in [-0.4, -0.2) is 5.78 Å². The van der Waals surface area contributed by atoms with Crippen LogP contribution in [0.4, 0.5) is 0 Å². The second-order valence-electron chi connectivity index (χ2n) is 3.12. The van der Waals surface area contributed by atoms with Crippen LogP contribution in [0.15, 0.2) is 0 Å². The molecule has 0 radical (unpaired) electrons. The van der Waals surface area contributed by atoms with E-state index in [2.05, 4.69) is 6.92 Å². The topological polar surface area (TPSA) is 17.1 Å². The molecular formula is C8H14O. The molecule has 0 saturated heterocycles. The van der Waals surface area contributed by atoms with Crippen LogP contribution in [-0.2, 0) is 4.79 Å². The third-order valence-electron chi connectivity index (χ3n) is 2.44. The number of hydrogen-bond acceptors (Lipinski definition) is 1. The van der Waals surface area contributed by atoms with Crippen LogP contribution in [0.3, 0.4) is 0 Å². The second kappa shape index (κ2) is 2.51. The van der Waals surface area contributed by atoms with Crippen molar-refractivity contribution >= 4 is 5.78 Å². The number of rotatable bonds is 0. The highest BCUT2D eigenvalue weighted by Crippen LogP contribution is 2.25. The van der Waals surface area contributed by atoms with Gasteiger partial charge in [-0.3, -0.25) is 4.79 Å². The first-order valence-corrected chi connectivity index (χ1v) is 3.74. The van der Waals surface area contributed by atoms with Crippen molar-refractivity contribution in [2.75, 3.05) is 0 Å². The van der Waals surface area contributed by atoms with Gasteiger partial charge in [0.15, 0.2) is 0 Å². The number of hydrogen-bond donors (Lipinski definition) is 0. The van der Waals surface area contributed by atoms with E-state index in [1.165, 1.54) is 6.42 Å². The van der Waals surface area contributed by atoms with Crippen molar-refractivity contribution < 1.29 is 4.79 Å². The van der Waals surface area contributed by atoms with Gasteiger partial charge in [0, 0.05) is 12.3 Å². The van der Waals surface area contributed by atoms with Crippen molar-refractivity contribution in [2.24, 2.45) is 11.8 Å².